The SMILES string of the molecule is Cc1cnc(C#N)nc1N1CCN(c2cc(N3CCOCC3)ncn2)CC1. The summed E-state index contributed by atoms with van der Waals surface area (Å²) in [4.78, 5) is 24.0. The topological polar surface area (TPSA) is 94.3 Å². The Hall–Kier alpha value is -2.99. The normalized spacial score (nSPS) is 17.7. The zero-order valence-corrected chi connectivity index (χ0v) is 15.4. The van der Waals surface area contributed by atoms with E-state index in [-0.39, 0.29) is 5.82 Å². The van der Waals surface area contributed by atoms with Crippen molar-refractivity contribution in [3.63, 3.8) is 0 Å². The van der Waals surface area contributed by atoms with Crippen LogP contribution in [0.3, 0.4) is 0 Å². The Morgan fingerprint density at radius 2 is 1.56 bits per heavy atom. The van der Waals surface area contributed by atoms with Crippen LogP contribution in [0.5, 0.6) is 0 Å². The van der Waals surface area contributed by atoms with E-state index >= 15 is 0 Å². The molecule has 2 aliphatic rings. The van der Waals surface area contributed by atoms with Gasteiger partial charge in [0.15, 0.2) is 0 Å². The number of ether oxygens (including phenoxy) is 1. The zero-order valence-electron chi connectivity index (χ0n) is 15.4. The van der Waals surface area contributed by atoms with Crippen molar-refractivity contribution in [2.75, 3.05) is 67.2 Å². The molecule has 2 aromatic heterocycles. The first kappa shape index (κ1) is 17.4. The van der Waals surface area contributed by atoms with E-state index in [9.17, 15) is 0 Å². The largest absolute Gasteiger partial charge is 0.378 e. The number of aromatic nitrogens is 4. The average molecular weight is 366 g/mol. The van der Waals surface area contributed by atoms with Crippen molar-refractivity contribution in [2.24, 2.45) is 0 Å². The summed E-state index contributed by atoms with van der Waals surface area (Å²) in [6, 6.07) is 4.08. The maximum atomic E-state index is 9.05. The molecule has 2 aliphatic heterocycles. The summed E-state index contributed by atoms with van der Waals surface area (Å²) in [6.45, 7) is 8.48. The lowest BCUT2D eigenvalue weighted by molar-refractivity contribution is 0.122. The molecule has 0 radical (unpaired) electrons. The molecule has 0 atom stereocenters. The molecule has 0 saturated carbocycles. The molecule has 2 saturated heterocycles. The first-order chi connectivity index (χ1) is 13.2. The molecule has 2 fully saturated rings. The van der Waals surface area contributed by atoms with Gasteiger partial charge in [-0.2, -0.15) is 5.26 Å². The number of piperazine rings is 1. The molecular weight excluding hydrogens is 344 g/mol. The van der Waals surface area contributed by atoms with Gasteiger partial charge in [0.05, 0.1) is 13.2 Å². The minimum absolute atomic E-state index is 0.212. The summed E-state index contributed by atoms with van der Waals surface area (Å²) >= 11 is 0. The fraction of sp³-hybridized carbons (Fsp3) is 0.500. The van der Waals surface area contributed by atoms with Crippen molar-refractivity contribution >= 4 is 17.5 Å². The van der Waals surface area contributed by atoms with Crippen molar-refractivity contribution in [1.82, 2.24) is 19.9 Å². The number of nitriles is 1. The fourth-order valence-corrected chi connectivity index (χ4v) is 3.43. The van der Waals surface area contributed by atoms with Gasteiger partial charge in [-0.05, 0) is 6.92 Å². The molecule has 0 spiro atoms. The van der Waals surface area contributed by atoms with Gasteiger partial charge in [0.1, 0.15) is 29.9 Å². The van der Waals surface area contributed by atoms with Gasteiger partial charge in [-0.3, -0.25) is 0 Å². The van der Waals surface area contributed by atoms with Crippen molar-refractivity contribution in [2.45, 2.75) is 6.92 Å². The van der Waals surface area contributed by atoms with E-state index in [2.05, 4.69) is 40.7 Å². The number of rotatable bonds is 3. The number of anilines is 3. The van der Waals surface area contributed by atoms with Gasteiger partial charge in [0, 0.05) is 57.1 Å². The van der Waals surface area contributed by atoms with Crippen LogP contribution in [-0.2, 0) is 4.74 Å². The van der Waals surface area contributed by atoms with Gasteiger partial charge in [0.25, 0.3) is 0 Å². The van der Waals surface area contributed by atoms with Crippen LogP contribution in [0.25, 0.3) is 0 Å². The van der Waals surface area contributed by atoms with Gasteiger partial charge in [-0.15, -0.1) is 0 Å². The molecular formula is C18H22N8O. The van der Waals surface area contributed by atoms with Crippen molar-refractivity contribution in [3.05, 3.63) is 30.0 Å². The third kappa shape index (κ3) is 3.75. The smallest absolute Gasteiger partial charge is 0.234 e. The third-order valence-corrected chi connectivity index (χ3v) is 4.92. The van der Waals surface area contributed by atoms with E-state index in [0.717, 1.165) is 75.5 Å². The minimum Gasteiger partial charge on any atom is -0.378 e. The van der Waals surface area contributed by atoms with Gasteiger partial charge < -0.3 is 19.4 Å². The molecule has 4 heterocycles. The fourth-order valence-electron chi connectivity index (χ4n) is 3.43. The Balaban J connectivity index is 1.44. The minimum atomic E-state index is 0.212. The van der Waals surface area contributed by atoms with Gasteiger partial charge in [-0.1, -0.05) is 0 Å². The Kier molecular flexibility index (Phi) is 4.98. The van der Waals surface area contributed by atoms with Crippen molar-refractivity contribution < 1.29 is 4.74 Å². The highest BCUT2D eigenvalue weighted by atomic mass is 16.5. The molecule has 9 heteroatoms. The van der Waals surface area contributed by atoms with Crippen LogP contribution in [0.4, 0.5) is 17.5 Å². The second kappa shape index (κ2) is 7.72. The summed E-state index contributed by atoms with van der Waals surface area (Å²) in [5, 5.41) is 9.05. The maximum absolute atomic E-state index is 9.05. The zero-order chi connectivity index (χ0) is 18.6. The molecule has 4 rings (SSSR count). The molecule has 9 nitrogen and oxygen atoms in total. The third-order valence-electron chi connectivity index (χ3n) is 4.92. The van der Waals surface area contributed by atoms with Crippen LogP contribution in [0.1, 0.15) is 11.4 Å². The van der Waals surface area contributed by atoms with E-state index in [0.29, 0.717) is 0 Å². The molecule has 0 unspecified atom stereocenters. The van der Waals surface area contributed by atoms with Gasteiger partial charge in [-0.25, -0.2) is 19.9 Å². The monoisotopic (exact) mass is 366 g/mol. The van der Waals surface area contributed by atoms with E-state index in [1.165, 1.54) is 0 Å². The number of hydrogen-bond donors (Lipinski definition) is 0. The Labute approximate surface area is 158 Å². The maximum Gasteiger partial charge on any atom is 0.234 e. The second-order valence-corrected chi connectivity index (χ2v) is 6.62. The van der Waals surface area contributed by atoms with Gasteiger partial charge >= 0.3 is 0 Å². The molecule has 140 valence electrons. The first-order valence-corrected chi connectivity index (χ1v) is 9.13. The van der Waals surface area contributed by atoms with Crippen molar-refractivity contribution in [3.8, 4) is 6.07 Å². The highest BCUT2D eigenvalue weighted by molar-refractivity contribution is 5.53. The molecule has 0 aromatic carbocycles. The van der Waals surface area contributed by atoms with E-state index in [1.54, 1.807) is 12.5 Å². The Morgan fingerprint density at radius 1 is 0.926 bits per heavy atom. The lowest BCUT2D eigenvalue weighted by atomic mass is 10.2. The van der Waals surface area contributed by atoms with E-state index in [4.69, 9.17) is 10.00 Å². The molecule has 0 aliphatic carbocycles. The summed E-state index contributed by atoms with van der Waals surface area (Å²) < 4.78 is 5.42. The van der Waals surface area contributed by atoms with Crippen LogP contribution in [0, 0.1) is 18.3 Å². The standard InChI is InChI=1S/C18H22N8O/c1-14-12-20-15(11-19)23-18(14)26-4-2-24(3-5-26)16-10-17(22-13-21-16)25-6-8-27-9-7-25/h10,12-13H,2-9H2,1H3. The van der Waals surface area contributed by atoms with Crippen LogP contribution in [-0.4, -0.2) is 72.4 Å². The Morgan fingerprint density at radius 3 is 2.22 bits per heavy atom. The summed E-state index contributed by atoms with van der Waals surface area (Å²) in [5.41, 5.74) is 0.985. The summed E-state index contributed by atoms with van der Waals surface area (Å²) in [5.74, 6) is 2.96. The second-order valence-electron chi connectivity index (χ2n) is 6.62. The number of hydrogen-bond acceptors (Lipinski definition) is 9. The quantitative estimate of drug-likeness (QED) is 0.774. The highest BCUT2D eigenvalue weighted by Gasteiger charge is 2.22. The Bertz CT molecular complexity index is 837. The predicted molar refractivity (Wildman–Crippen MR) is 101 cm³/mol. The van der Waals surface area contributed by atoms with Crippen LogP contribution in [0.2, 0.25) is 0 Å². The van der Waals surface area contributed by atoms with Crippen LogP contribution >= 0.6 is 0 Å². The lowest BCUT2D eigenvalue weighted by Gasteiger charge is -2.37. The highest BCUT2D eigenvalue weighted by Crippen LogP contribution is 2.22. The van der Waals surface area contributed by atoms with Gasteiger partial charge in [0.2, 0.25) is 5.82 Å². The summed E-state index contributed by atoms with van der Waals surface area (Å²) in [7, 11) is 0. The summed E-state index contributed by atoms with van der Waals surface area (Å²) in [6.07, 6.45) is 3.35. The van der Waals surface area contributed by atoms with Crippen LogP contribution < -0.4 is 14.7 Å². The van der Waals surface area contributed by atoms with Crippen LogP contribution in [0.15, 0.2) is 18.6 Å². The van der Waals surface area contributed by atoms with E-state index < -0.39 is 0 Å². The molecule has 2 aromatic rings. The number of aryl methyl sites for hydroxylation is 1. The van der Waals surface area contributed by atoms with Crippen molar-refractivity contribution in [1.29, 1.82) is 5.26 Å². The predicted octanol–water partition coefficient (Wildman–Crippen LogP) is 0.610. The molecule has 0 bridgehead atoms. The molecule has 27 heavy (non-hydrogen) atoms. The number of nitrogens with zero attached hydrogens (tertiary/aromatic N) is 8. The molecule has 0 N–H and O–H groups in total. The average Bonchev–Trinajstić information content (AvgIpc) is 2.75. The lowest BCUT2D eigenvalue weighted by Crippen LogP contribution is -2.47. The number of morpholine rings is 1. The first-order valence-electron chi connectivity index (χ1n) is 9.13. The van der Waals surface area contributed by atoms with E-state index in [1.807, 2.05) is 13.0 Å². The molecule has 0 amide bonds.